The van der Waals surface area contributed by atoms with Gasteiger partial charge in [-0.2, -0.15) is 0 Å². The van der Waals surface area contributed by atoms with Gasteiger partial charge in [0.05, 0.1) is 0 Å². The predicted molar refractivity (Wildman–Crippen MR) is 79.6 cm³/mol. The third-order valence-corrected chi connectivity index (χ3v) is 3.36. The molecule has 0 rings (SSSR count). The van der Waals surface area contributed by atoms with Gasteiger partial charge in [-0.1, -0.05) is 46.0 Å². The molecule has 2 unspecified atom stereocenters. The molecule has 0 aromatic heterocycles. The lowest BCUT2D eigenvalue weighted by molar-refractivity contribution is -0.149. The van der Waals surface area contributed by atoms with Gasteiger partial charge in [-0.25, -0.2) is 0 Å². The van der Waals surface area contributed by atoms with Crippen LogP contribution in [-0.4, -0.2) is 18.2 Å². The van der Waals surface area contributed by atoms with Gasteiger partial charge in [-0.15, -0.1) is 0 Å². The Balaban J connectivity index is 3.46. The molecule has 0 saturated heterocycles. The second-order valence-electron chi connectivity index (χ2n) is 5.29. The molecule has 0 saturated carbocycles. The normalized spacial score (nSPS) is 14.1. The van der Waals surface area contributed by atoms with Crippen LogP contribution in [-0.2, 0) is 9.53 Å². The van der Waals surface area contributed by atoms with Gasteiger partial charge in [-0.3, -0.25) is 10.5 Å². The molecule has 2 atom stereocenters. The highest BCUT2D eigenvalue weighted by molar-refractivity contribution is 5.69. The highest BCUT2D eigenvalue weighted by Crippen LogP contribution is 2.09. The monoisotopic (exact) mass is 272 g/mol. The largest absolute Gasteiger partial charge is 0.447 e. The van der Waals surface area contributed by atoms with E-state index in [4.69, 9.17) is 16.2 Å². The van der Waals surface area contributed by atoms with Crippen molar-refractivity contribution in [2.45, 2.75) is 90.3 Å². The topological polar surface area (TPSA) is 78.3 Å². The summed E-state index contributed by atoms with van der Waals surface area (Å²) in [5, 5.41) is 0. The number of carbonyl (C=O) groups excluding carboxylic acids is 1. The second kappa shape index (κ2) is 12.4. The molecule has 0 amide bonds. The van der Waals surface area contributed by atoms with Crippen LogP contribution in [0.1, 0.15) is 78.1 Å². The first-order chi connectivity index (χ1) is 9.10. The van der Waals surface area contributed by atoms with E-state index in [-0.39, 0.29) is 12.0 Å². The van der Waals surface area contributed by atoms with Crippen LogP contribution in [0.25, 0.3) is 0 Å². The van der Waals surface area contributed by atoms with Gasteiger partial charge >= 0.3 is 5.97 Å². The Hall–Kier alpha value is -0.610. The zero-order chi connectivity index (χ0) is 14.5. The van der Waals surface area contributed by atoms with E-state index in [1.807, 2.05) is 6.92 Å². The van der Waals surface area contributed by atoms with Gasteiger partial charge in [0.15, 0.2) is 6.23 Å². The average molecular weight is 272 g/mol. The fourth-order valence-electron chi connectivity index (χ4n) is 1.92. The summed E-state index contributed by atoms with van der Waals surface area (Å²) in [6, 6.07) is 0.156. The Bertz CT molecular complexity index is 222. The summed E-state index contributed by atoms with van der Waals surface area (Å²) < 4.78 is 5.16. The summed E-state index contributed by atoms with van der Waals surface area (Å²) in [7, 11) is 0. The quantitative estimate of drug-likeness (QED) is 0.325. The summed E-state index contributed by atoms with van der Waals surface area (Å²) in [6.07, 6.45) is 9.39. The SMILES string of the molecule is CCCCCCCCC(=O)OC(N)CCC(N)CC. The third kappa shape index (κ3) is 12.2. The van der Waals surface area contributed by atoms with Crippen LogP contribution in [0.5, 0.6) is 0 Å². The number of esters is 1. The van der Waals surface area contributed by atoms with Gasteiger partial charge in [0.2, 0.25) is 0 Å². The maximum Gasteiger partial charge on any atom is 0.307 e. The van der Waals surface area contributed by atoms with Crippen molar-refractivity contribution < 1.29 is 9.53 Å². The Labute approximate surface area is 118 Å². The highest BCUT2D eigenvalue weighted by atomic mass is 16.6. The van der Waals surface area contributed by atoms with Crippen LogP contribution in [0.2, 0.25) is 0 Å². The second-order valence-corrected chi connectivity index (χ2v) is 5.29. The van der Waals surface area contributed by atoms with E-state index >= 15 is 0 Å². The number of rotatable bonds is 12. The number of unbranched alkanes of at least 4 members (excludes halogenated alkanes) is 5. The molecule has 0 aromatic rings. The van der Waals surface area contributed by atoms with Crippen molar-refractivity contribution >= 4 is 5.97 Å². The Morgan fingerprint density at radius 1 is 1.00 bits per heavy atom. The van der Waals surface area contributed by atoms with Crippen LogP contribution < -0.4 is 11.5 Å². The first-order valence-electron chi connectivity index (χ1n) is 7.80. The summed E-state index contributed by atoms with van der Waals surface area (Å²) in [5.41, 5.74) is 11.5. The van der Waals surface area contributed by atoms with Gasteiger partial charge in [-0.05, 0) is 25.7 Å². The standard InChI is InChI=1S/C15H32N2O2/c1-3-5-6-7-8-9-10-15(18)19-14(17)12-11-13(16)4-2/h13-14H,3-12,16-17H2,1-2H3. The number of carbonyl (C=O) groups is 1. The molecule has 4 N–H and O–H groups in total. The molecule has 0 spiro atoms. The molecule has 4 heteroatoms. The van der Waals surface area contributed by atoms with Crippen molar-refractivity contribution in [1.82, 2.24) is 0 Å². The van der Waals surface area contributed by atoms with Crippen LogP contribution in [0, 0.1) is 0 Å². The summed E-state index contributed by atoms with van der Waals surface area (Å²) >= 11 is 0. The molecule has 0 bridgehead atoms. The minimum atomic E-state index is -0.495. The van der Waals surface area contributed by atoms with E-state index in [1.165, 1.54) is 25.7 Å². The molecule has 114 valence electrons. The first-order valence-corrected chi connectivity index (χ1v) is 7.80. The summed E-state index contributed by atoms with van der Waals surface area (Å²) in [6.45, 7) is 4.24. The van der Waals surface area contributed by atoms with E-state index < -0.39 is 6.23 Å². The van der Waals surface area contributed by atoms with Crippen LogP contribution >= 0.6 is 0 Å². The molecule has 0 fully saturated rings. The molecule has 4 nitrogen and oxygen atoms in total. The van der Waals surface area contributed by atoms with Gasteiger partial charge in [0.1, 0.15) is 0 Å². The number of nitrogens with two attached hydrogens (primary N) is 2. The number of hydrogen-bond donors (Lipinski definition) is 2. The molecular formula is C15H32N2O2. The summed E-state index contributed by atoms with van der Waals surface area (Å²) in [4.78, 5) is 11.5. The maximum absolute atomic E-state index is 11.5. The van der Waals surface area contributed by atoms with E-state index in [1.54, 1.807) is 0 Å². The van der Waals surface area contributed by atoms with Crippen molar-refractivity contribution in [2.24, 2.45) is 11.5 Å². The Kier molecular flexibility index (Phi) is 12.0. The molecule has 0 aliphatic carbocycles. The highest BCUT2D eigenvalue weighted by Gasteiger charge is 2.11. The van der Waals surface area contributed by atoms with Crippen molar-refractivity contribution in [3.8, 4) is 0 Å². The molecule has 19 heavy (non-hydrogen) atoms. The zero-order valence-electron chi connectivity index (χ0n) is 12.7. The lowest BCUT2D eigenvalue weighted by Gasteiger charge is -2.15. The van der Waals surface area contributed by atoms with Gasteiger partial charge in [0.25, 0.3) is 0 Å². The van der Waals surface area contributed by atoms with E-state index in [9.17, 15) is 4.79 Å². The van der Waals surface area contributed by atoms with Crippen molar-refractivity contribution in [3.05, 3.63) is 0 Å². The maximum atomic E-state index is 11.5. The fourth-order valence-corrected chi connectivity index (χ4v) is 1.92. The Morgan fingerprint density at radius 3 is 2.26 bits per heavy atom. The Morgan fingerprint density at radius 2 is 1.63 bits per heavy atom. The molecule has 0 aromatic carbocycles. The first kappa shape index (κ1) is 18.4. The van der Waals surface area contributed by atoms with Crippen LogP contribution in [0.3, 0.4) is 0 Å². The van der Waals surface area contributed by atoms with Crippen molar-refractivity contribution in [1.29, 1.82) is 0 Å². The predicted octanol–water partition coefficient (Wildman–Crippen LogP) is 3.08. The lowest BCUT2D eigenvalue weighted by atomic mass is 10.1. The zero-order valence-corrected chi connectivity index (χ0v) is 12.7. The number of hydrogen-bond acceptors (Lipinski definition) is 4. The minimum absolute atomic E-state index is 0.156. The smallest absolute Gasteiger partial charge is 0.307 e. The van der Waals surface area contributed by atoms with E-state index in [0.29, 0.717) is 12.8 Å². The number of ether oxygens (including phenoxy) is 1. The molecular weight excluding hydrogens is 240 g/mol. The molecule has 0 heterocycles. The molecule has 0 aliphatic heterocycles. The van der Waals surface area contributed by atoms with Crippen LogP contribution in [0.15, 0.2) is 0 Å². The van der Waals surface area contributed by atoms with E-state index in [0.717, 1.165) is 25.7 Å². The van der Waals surface area contributed by atoms with Gasteiger partial charge < -0.3 is 10.5 Å². The third-order valence-electron chi connectivity index (χ3n) is 3.36. The van der Waals surface area contributed by atoms with Crippen molar-refractivity contribution in [2.75, 3.05) is 0 Å². The van der Waals surface area contributed by atoms with Crippen molar-refractivity contribution in [3.63, 3.8) is 0 Å². The fraction of sp³-hybridized carbons (Fsp3) is 0.933. The van der Waals surface area contributed by atoms with Crippen LogP contribution in [0.4, 0.5) is 0 Å². The molecule has 0 radical (unpaired) electrons. The van der Waals surface area contributed by atoms with E-state index in [2.05, 4.69) is 6.92 Å². The van der Waals surface area contributed by atoms with Gasteiger partial charge in [0, 0.05) is 12.5 Å². The summed E-state index contributed by atoms with van der Waals surface area (Å²) in [5.74, 6) is -0.173. The molecule has 0 aliphatic rings. The average Bonchev–Trinajstić information content (AvgIpc) is 2.39. The lowest BCUT2D eigenvalue weighted by Crippen LogP contribution is -2.30. The minimum Gasteiger partial charge on any atom is -0.447 e.